The maximum absolute atomic E-state index is 13.0. The van der Waals surface area contributed by atoms with Gasteiger partial charge >= 0.3 is 53.7 Å². The topological polar surface area (TPSA) is 318 Å². The van der Waals surface area contributed by atoms with Gasteiger partial charge in [0.1, 0.15) is 48.5 Å². The van der Waals surface area contributed by atoms with Crippen molar-refractivity contribution in [3.8, 4) is 0 Å². The van der Waals surface area contributed by atoms with E-state index in [1.54, 1.807) is 6.92 Å². The van der Waals surface area contributed by atoms with Gasteiger partial charge in [-0.1, -0.05) is 13.8 Å². The number of rotatable bonds is 22. The van der Waals surface area contributed by atoms with Crippen LogP contribution in [0.3, 0.4) is 0 Å². The summed E-state index contributed by atoms with van der Waals surface area (Å²) in [6.45, 7) is 16.5. The number of ketones is 1. The van der Waals surface area contributed by atoms with Crippen LogP contribution in [0.5, 0.6) is 0 Å². The SMILES string of the molecule is CO[C@H]1[C@H](COC[C@@H]2O[C@H](COC[C@@H]3O[C@H](COC(C)=O)[C@@H](OC(C)=O)[C@H](OC(C)=O)[C@H]3OC(C)=O)[C@@H](OC(C)=O)[C@H](OC(C)=O)[C@H]2OC(C)=O)[C@@H](C)O[C@@H](O[C@H]2CC[C@@]3(C)[C@@H](CC[C@@H]4[C@@H]3CC[C@]3(C)[C@@H](C(C)=O)CC[C@]43OC(C)=O)C2)[C@@H]1OC(C)=O. The highest BCUT2D eigenvalue weighted by molar-refractivity contribution is 5.80. The molecule has 0 N–H and O–H groups in total. The van der Waals surface area contributed by atoms with Gasteiger partial charge in [0.2, 0.25) is 0 Å². The fourth-order valence-corrected chi connectivity index (χ4v) is 16.0. The Bertz CT molecular complexity index is 2520. The Hall–Kier alpha value is -5.38. The van der Waals surface area contributed by atoms with Gasteiger partial charge in [-0.3, -0.25) is 47.9 Å². The lowest BCUT2D eigenvalue weighted by atomic mass is 9.43. The zero-order chi connectivity index (χ0) is 64.0. The van der Waals surface area contributed by atoms with Gasteiger partial charge in [0.15, 0.2) is 49.0 Å². The van der Waals surface area contributed by atoms with Crippen molar-refractivity contribution >= 4 is 59.5 Å². The Morgan fingerprint density at radius 2 is 0.908 bits per heavy atom. The number of fused-ring (bicyclic) bond motifs is 5. The quantitative estimate of drug-likeness (QED) is 0.0827. The van der Waals surface area contributed by atoms with Crippen LogP contribution in [0.2, 0.25) is 0 Å². The van der Waals surface area contributed by atoms with Crippen LogP contribution in [-0.2, 0) is 124 Å². The number of hydrogen-bond acceptors (Lipinski definition) is 26. The third kappa shape index (κ3) is 15.6. The van der Waals surface area contributed by atoms with Gasteiger partial charge in [0, 0.05) is 92.6 Å². The predicted molar refractivity (Wildman–Crippen MR) is 295 cm³/mol. The predicted octanol–water partition coefficient (Wildman–Crippen LogP) is 4.33. The molecule has 23 atom stereocenters. The molecule has 0 radical (unpaired) electrons. The number of esters is 9. The van der Waals surface area contributed by atoms with Crippen LogP contribution < -0.4 is 0 Å². The Morgan fingerprint density at radius 3 is 1.36 bits per heavy atom. The van der Waals surface area contributed by atoms with E-state index in [-0.39, 0.29) is 60.2 Å². The first-order valence-electron chi connectivity index (χ1n) is 30.3. The van der Waals surface area contributed by atoms with Gasteiger partial charge in [0.25, 0.3) is 0 Å². The van der Waals surface area contributed by atoms with E-state index >= 15 is 0 Å². The molecule has 4 aliphatic carbocycles. The summed E-state index contributed by atoms with van der Waals surface area (Å²) in [7, 11) is 1.47. The minimum absolute atomic E-state index is 0.0865. The van der Waals surface area contributed by atoms with Crippen LogP contribution in [0.15, 0.2) is 0 Å². The third-order valence-electron chi connectivity index (χ3n) is 19.3. The molecule has 0 amide bonds. The molecule has 3 aliphatic heterocycles. The molecular formula is C61H90O26. The molecule has 7 aliphatic rings. The van der Waals surface area contributed by atoms with E-state index in [2.05, 4.69) is 13.8 Å². The molecule has 0 aromatic carbocycles. The van der Waals surface area contributed by atoms with Crippen LogP contribution in [0, 0.1) is 40.4 Å². The van der Waals surface area contributed by atoms with Crippen LogP contribution in [-0.4, -0.2) is 197 Å². The normalized spacial score (nSPS) is 39.6. The lowest BCUT2D eigenvalue weighted by Gasteiger charge is -2.64. The van der Waals surface area contributed by atoms with Crippen molar-refractivity contribution in [2.45, 2.75) is 245 Å². The molecule has 490 valence electrons. The second-order valence-electron chi connectivity index (χ2n) is 25.1. The van der Waals surface area contributed by atoms with E-state index in [0.29, 0.717) is 19.3 Å². The molecule has 0 bridgehead atoms. The first-order chi connectivity index (χ1) is 40.9. The number of Topliss-reactive ketones (excluding diaryl/α,β-unsaturated/α-hetero) is 1. The van der Waals surface area contributed by atoms with Crippen LogP contribution in [0.25, 0.3) is 0 Å². The smallest absolute Gasteiger partial charge is 0.303 e. The van der Waals surface area contributed by atoms with Crippen molar-refractivity contribution in [3.63, 3.8) is 0 Å². The van der Waals surface area contributed by atoms with Crippen molar-refractivity contribution in [1.29, 1.82) is 0 Å². The van der Waals surface area contributed by atoms with Crippen molar-refractivity contribution < 1.29 is 124 Å². The zero-order valence-electron chi connectivity index (χ0n) is 52.6. The van der Waals surface area contributed by atoms with E-state index in [0.717, 1.165) is 87.0 Å². The van der Waals surface area contributed by atoms with E-state index < -0.39 is 170 Å². The summed E-state index contributed by atoms with van der Waals surface area (Å²) in [5.74, 6) is -6.62. The Kier molecular flexibility index (Phi) is 23.1. The summed E-state index contributed by atoms with van der Waals surface area (Å²) < 4.78 is 96.3. The van der Waals surface area contributed by atoms with E-state index in [9.17, 15) is 47.9 Å². The maximum Gasteiger partial charge on any atom is 0.303 e. The highest BCUT2D eigenvalue weighted by Crippen LogP contribution is 2.70. The summed E-state index contributed by atoms with van der Waals surface area (Å²) in [5, 5.41) is 0. The number of methoxy groups -OCH3 is 1. The molecule has 3 saturated heterocycles. The molecule has 26 nitrogen and oxygen atoms in total. The Morgan fingerprint density at radius 1 is 0.448 bits per heavy atom. The largest absolute Gasteiger partial charge is 0.463 e. The molecule has 7 rings (SSSR count). The molecule has 7 fully saturated rings. The Labute approximate surface area is 507 Å². The summed E-state index contributed by atoms with van der Waals surface area (Å²) in [6, 6.07) is 0. The molecule has 0 unspecified atom stereocenters. The molecule has 87 heavy (non-hydrogen) atoms. The van der Waals surface area contributed by atoms with Gasteiger partial charge in [-0.2, -0.15) is 0 Å². The average Bonchev–Trinajstić information content (AvgIpc) is 1.67. The number of carbonyl (C=O) groups is 10. The zero-order valence-corrected chi connectivity index (χ0v) is 52.6. The first-order valence-corrected chi connectivity index (χ1v) is 30.3. The van der Waals surface area contributed by atoms with Crippen molar-refractivity contribution in [2.75, 3.05) is 40.1 Å². The van der Waals surface area contributed by atoms with E-state index in [1.807, 2.05) is 6.92 Å². The summed E-state index contributed by atoms with van der Waals surface area (Å²) >= 11 is 0. The van der Waals surface area contributed by atoms with Crippen molar-refractivity contribution in [2.24, 2.45) is 40.4 Å². The van der Waals surface area contributed by atoms with Crippen LogP contribution >= 0.6 is 0 Å². The number of ether oxygens (including phenoxy) is 16. The van der Waals surface area contributed by atoms with Crippen molar-refractivity contribution in [3.05, 3.63) is 0 Å². The lowest BCUT2D eigenvalue weighted by Crippen LogP contribution is -2.64. The molecule has 0 aromatic heterocycles. The van der Waals surface area contributed by atoms with Gasteiger partial charge in [-0.05, 0) is 88.9 Å². The highest BCUT2D eigenvalue weighted by Gasteiger charge is 2.70. The van der Waals surface area contributed by atoms with Gasteiger partial charge in [0.05, 0.1) is 38.6 Å². The number of hydrogen-bond donors (Lipinski definition) is 0. The Balaban J connectivity index is 1.06. The molecule has 4 saturated carbocycles. The minimum Gasteiger partial charge on any atom is -0.463 e. The second kappa shape index (κ2) is 29.1. The lowest BCUT2D eigenvalue weighted by molar-refractivity contribution is -0.312. The van der Waals surface area contributed by atoms with E-state index in [1.165, 1.54) is 21.0 Å². The minimum atomic E-state index is -1.51. The molecule has 0 aromatic rings. The molecule has 3 heterocycles. The fourth-order valence-electron chi connectivity index (χ4n) is 16.0. The van der Waals surface area contributed by atoms with Gasteiger partial charge in [-0.15, -0.1) is 0 Å². The molecular weight excluding hydrogens is 1150 g/mol. The summed E-state index contributed by atoms with van der Waals surface area (Å²) in [5.41, 5.74) is -1.23. The maximum atomic E-state index is 13.0. The monoisotopic (exact) mass is 1240 g/mol. The van der Waals surface area contributed by atoms with E-state index in [4.69, 9.17) is 75.8 Å². The average molecular weight is 1240 g/mol. The van der Waals surface area contributed by atoms with Crippen LogP contribution in [0.1, 0.15) is 148 Å². The fraction of sp³-hybridized carbons (Fsp3) is 0.836. The number of carbonyl (C=O) groups excluding carboxylic acids is 10. The summed E-state index contributed by atoms with van der Waals surface area (Å²) in [4.78, 5) is 126. The van der Waals surface area contributed by atoms with Gasteiger partial charge < -0.3 is 75.8 Å². The van der Waals surface area contributed by atoms with Crippen LogP contribution in [0.4, 0.5) is 0 Å². The summed E-state index contributed by atoms with van der Waals surface area (Å²) in [6.07, 6.45) is -10.8. The van der Waals surface area contributed by atoms with Crippen molar-refractivity contribution in [1.82, 2.24) is 0 Å². The second-order valence-corrected chi connectivity index (χ2v) is 25.1. The molecule has 0 spiro atoms. The standard InChI is InChI=1S/C61H90O26/c1-29(62)43-19-22-61(87-39(11)71)45-16-15-40-23-41(17-20-59(40,12)44(45)18-21-60(43,61)13)84-58-57(83-38(10)70)50(72-14)42(30(2)76-58)24-73-25-46-51(77-32(4)64)55(81-36(8)68)52(78-33(5)65)47(85-46)26-74-27-48-53(79-34(6)66)56(82-37(9)69)54(80-35(7)67)49(86-48)28-75-31(3)63/h30,40-58H,15-28H2,1-14H3/t30-,40+,41+,42-,43-,44+,45-,46+,47-,48+,49-,50+,51+,52-,53+,54-,55-,56-,57-,58+,59+,60-,61+/m1/s1. The molecule has 26 heteroatoms. The van der Waals surface area contributed by atoms with Gasteiger partial charge in [-0.25, -0.2) is 0 Å². The third-order valence-corrected chi connectivity index (χ3v) is 19.3. The first kappa shape index (κ1) is 69.1. The highest BCUT2D eigenvalue weighted by atomic mass is 16.7.